The predicted octanol–water partition coefficient (Wildman–Crippen LogP) is 3.27. The Hall–Kier alpha value is -1.85. The predicted molar refractivity (Wildman–Crippen MR) is 116 cm³/mol. The summed E-state index contributed by atoms with van der Waals surface area (Å²) in [6, 6.07) is 4.84. The van der Waals surface area contributed by atoms with Crippen LogP contribution in [0.5, 0.6) is 11.5 Å². The number of carbonyl (C=O) groups excluding carboxylic acids is 1. The van der Waals surface area contributed by atoms with Gasteiger partial charge in [0.2, 0.25) is 0 Å². The Labute approximate surface area is 186 Å². The molecule has 0 aromatic heterocycles. The summed E-state index contributed by atoms with van der Waals surface area (Å²) in [6.45, 7) is 1.05. The number of esters is 1. The monoisotopic (exact) mass is 527 g/mol. The Kier molecular flexibility index (Phi) is 11.0. The van der Waals surface area contributed by atoms with E-state index in [9.17, 15) is 13.6 Å². The summed E-state index contributed by atoms with van der Waals surface area (Å²) in [6.07, 6.45) is 1.42. The van der Waals surface area contributed by atoms with Crippen LogP contribution in [0.4, 0.5) is 8.78 Å². The van der Waals surface area contributed by atoms with Gasteiger partial charge in [0, 0.05) is 26.7 Å². The molecule has 1 aromatic rings. The first kappa shape index (κ1) is 25.2. The molecule has 0 atom stereocenters. The summed E-state index contributed by atoms with van der Waals surface area (Å²) < 4.78 is 39.7. The minimum atomic E-state index is -2.91. The number of hydrogen-bond donors (Lipinski definition) is 1. The number of rotatable bonds is 7. The van der Waals surface area contributed by atoms with Crippen molar-refractivity contribution in [1.29, 1.82) is 0 Å². The lowest BCUT2D eigenvalue weighted by Gasteiger charge is -2.33. The Morgan fingerprint density at radius 3 is 2.55 bits per heavy atom. The zero-order valence-electron chi connectivity index (χ0n) is 16.8. The first-order valence-electron chi connectivity index (χ1n) is 9.22. The molecule has 0 amide bonds. The van der Waals surface area contributed by atoms with Crippen LogP contribution in [0.25, 0.3) is 0 Å². The molecular weight excluding hydrogens is 499 g/mol. The summed E-state index contributed by atoms with van der Waals surface area (Å²) in [5.41, 5.74) is 0.843. The summed E-state index contributed by atoms with van der Waals surface area (Å²) in [4.78, 5) is 18.0. The average Bonchev–Trinajstić information content (AvgIpc) is 2.70. The van der Waals surface area contributed by atoms with Crippen molar-refractivity contribution in [3.8, 4) is 11.5 Å². The lowest BCUT2D eigenvalue weighted by molar-refractivity contribution is -0.146. The highest BCUT2D eigenvalue weighted by Crippen LogP contribution is 2.30. The van der Waals surface area contributed by atoms with Crippen molar-refractivity contribution >= 4 is 35.9 Å². The van der Waals surface area contributed by atoms with E-state index in [2.05, 4.69) is 19.9 Å². The van der Waals surface area contributed by atoms with Gasteiger partial charge in [-0.25, -0.2) is 0 Å². The molecule has 1 heterocycles. The number of nitrogens with zero attached hydrogens (tertiary/aromatic N) is 2. The number of ether oxygens (including phenoxy) is 3. The molecule has 0 bridgehead atoms. The number of carbonyl (C=O) groups is 1. The number of aliphatic imine (C=N–C) groups is 1. The zero-order valence-corrected chi connectivity index (χ0v) is 19.2. The van der Waals surface area contributed by atoms with Gasteiger partial charge in [0.25, 0.3) is 0 Å². The SMILES string of the molecule is CCOc1cc(CNC(=NC)N2CCC(C(=O)OC)CC2)ccc1OC(F)F.I. The van der Waals surface area contributed by atoms with E-state index >= 15 is 0 Å². The van der Waals surface area contributed by atoms with E-state index < -0.39 is 6.61 Å². The van der Waals surface area contributed by atoms with E-state index in [0.29, 0.717) is 45.0 Å². The van der Waals surface area contributed by atoms with Crippen LogP contribution in [-0.4, -0.2) is 57.3 Å². The van der Waals surface area contributed by atoms with E-state index in [1.54, 1.807) is 26.1 Å². The number of halogens is 3. The Bertz CT molecular complexity index is 683. The third-order valence-electron chi connectivity index (χ3n) is 4.52. The van der Waals surface area contributed by atoms with Gasteiger partial charge in [0.15, 0.2) is 17.5 Å². The van der Waals surface area contributed by atoms with Gasteiger partial charge < -0.3 is 24.4 Å². The summed E-state index contributed by atoms with van der Waals surface area (Å²) in [5, 5.41) is 3.26. The lowest BCUT2D eigenvalue weighted by atomic mass is 9.97. The molecule has 2 rings (SSSR count). The van der Waals surface area contributed by atoms with Crippen molar-refractivity contribution in [2.75, 3.05) is 33.9 Å². The lowest BCUT2D eigenvalue weighted by Crippen LogP contribution is -2.46. The second kappa shape index (κ2) is 12.7. The largest absolute Gasteiger partial charge is 0.490 e. The van der Waals surface area contributed by atoms with Crippen LogP contribution in [0.3, 0.4) is 0 Å². The van der Waals surface area contributed by atoms with Crippen molar-refractivity contribution in [1.82, 2.24) is 10.2 Å². The number of guanidine groups is 1. The Morgan fingerprint density at radius 1 is 1.31 bits per heavy atom. The van der Waals surface area contributed by atoms with Gasteiger partial charge >= 0.3 is 12.6 Å². The number of alkyl halides is 2. The molecule has 7 nitrogen and oxygen atoms in total. The van der Waals surface area contributed by atoms with Gasteiger partial charge in [-0.1, -0.05) is 6.07 Å². The third kappa shape index (κ3) is 7.48. The van der Waals surface area contributed by atoms with E-state index in [1.807, 2.05) is 0 Å². The van der Waals surface area contributed by atoms with E-state index in [4.69, 9.17) is 9.47 Å². The van der Waals surface area contributed by atoms with Gasteiger partial charge in [0.05, 0.1) is 19.6 Å². The van der Waals surface area contributed by atoms with E-state index in [-0.39, 0.29) is 47.4 Å². The van der Waals surface area contributed by atoms with Gasteiger partial charge in [0.1, 0.15) is 0 Å². The maximum Gasteiger partial charge on any atom is 0.387 e. The summed E-state index contributed by atoms with van der Waals surface area (Å²) in [7, 11) is 3.10. The summed E-state index contributed by atoms with van der Waals surface area (Å²) in [5.74, 6) is 0.757. The van der Waals surface area contributed by atoms with Crippen molar-refractivity contribution in [2.45, 2.75) is 32.9 Å². The molecule has 1 fully saturated rings. The molecule has 164 valence electrons. The number of piperidine rings is 1. The van der Waals surface area contributed by atoms with E-state index in [1.165, 1.54) is 13.2 Å². The van der Waals surface area contributed by atoms with Crippen LogP contribution < -0.4 is 14.8 Å². The fourth-order valence-corrected chi connectivity index (χ4v) is 3.13. The number of benzene rings is 1. The molecule has 29 heavy (non-hydrogen) atoms. The molecule has 10 heteroatoms. The molecule has 0 aliphatic carbocycles. The normalized spacial score (nSPS) is 15.0. The molecule has 1 N–H and O–H groups in total. The molecule has 1 aliphatic rings. The van der Waals surface area contributed by atoms with Crippen molar-refractivity contribution in [3.63, 3.8) is 0 Å². The topological polar surface area (TPSA) is 72.4 Å². The van der Waals surface area contributed by atoms with Crippen LogP contribution in [0, 0.1) is 5.92 Å². The highest BCUT2D eigenvalue weighted by atomic mass is 127. The van der Waals surface area contributed by atoms with Gasteiger partial charge in [-0.3, -0.25) is 9.79 Å². The quantitative estimate of drug-likeness (QED) is 0.254. The molecule has 1 aromatic carbocycles. The number of likely N-dealkylation sites (tertiary alicyclic amines) is 1. The smallest absolute Gasteiger partial charge is 0.387 e. The van der Waals surface area contributed by atoms with Crippen LogP contribution in [-0.2, 0) is 16.1 Å². The maximum absolute atomic E-state index is 12.5. The standard InChI is InChI=1S/C19H27F2N3O4.HI/c1-4-27-16-11-13(5-6-15(16)28-18(20)21)12-23-19(22-2)24-9-7-14(8-10-24)17(25)26-3;/h5-6,11,14,18H,4,7-10,12H2,1-3H3,(H,22,23);1H. The minimum absolute atomic E-state index is 0. The first-order chi connectivity index (χ1) is 13.5. The van der Waals surface area contributed by atoms with Crippen LogP contribution in [0.1, 0.15) is 25.3 Å². The second-order valence-corrected chi connectivity index (χ2v) is 6.28. The first-order valence-corrected chi connectivity index (χ1v) is 9.22. The molecule has 0 unspecified atom stereocenters. The second-order valence-electron chi connectivity index (χ2n) is 6.28. The Balaban J connectivity index is 0.00000420. The fraction of sp³-hybridized carbons (Fsp3) is 0.579. The van der Waals surface area contributed by atoms with E-state index in [0.717, 1.165) is 5.56 Å². The number of nitrogens with one attached hydrogen (secondary N) is 1. The highest BCUT2D eigenvalue weighted by molar-refractivity contribution is 14.0. The molecule has 0 saturated carbocycles. The maximum atomic E-state index is 12.5. The average molecular weight is 527 g/mol. The van der Waals surface area contributed by atoms with Crippen molar-refractivity contribution in [3.05, 3.63) is 23.8 Å². The molecule has 1 aliphatic heterocycles. The van der Waals surface area contributed by atoms with Crippen LogP contribution in [0.2, 0.25) is 0 Å². The number of hydrogen-bond acceptors (Lipinski definition) is 5. The molecule has 0 spiro atoms. The fourth-order valence-electron chi connectivity index (χ4n) is 3.13. The molecular formula is C19H28F2IN3O4. The summed E-state index contributed by atoms with van der Waals surface area (Å²) >= 11 is 0. The highest BCUT2D eigenvalue weighted by Gasteiger charge is 2.27. The van der Waals surface area contributed by atoms with Crippen LogP contribution in [0.15, 0.2) is 23.2 Å². The van der Waals surface area contributed by atoms with Crippen molar-refractivity contribution in [2.24, 2.45) is 10.9 Å². The van der Waals surface area contributed by atoms with Crippen LogP contribution >= 0.6 is 24.0 Å². The van der Waals surface area contributed by atoms with Gasteiger partial charge in [-0.15, -0.1) is 24.0 Å². The third-order valence-corrected chi connectivity index (χ3v) is 4.52. The Morgan fingerprint density at radius 2 is 2.00 bits per heavy atom. The molecule has 1 saturated heterocycles. The number of methoxy groups -OCH3 is 1. The van der Waals surface area contributed by atoms with Crippen molar-refractivity contribution < 1.29 is 27.8 Å². The minimum Gasteiger partial charge on any atom is -0.490 e. The van der Waals surface area contributed by atoms with Gasteiger partial charge in [-0.05, 0) is 37.5 Å². The van der Waals surface area contributed by atoms with Gasteiger partial charge in [-0.2, -0.15) is 8.78 Å². The molecule has 0 radical (unpaired) electrons. The zero-order chi connectivity index (χ0) is 20.5.